The first-order chi connectivity index (χ1) is 7.88. The molecule has 102 valence electrons. The lowest BCUT2D eigenvalue weighted by Crippen LogP contribution is -2.46. The normalized spacial score (nSPS) is 22.3. The lowest BCUT2D eigenvalue weighted by atomic mass is 10.1. The van der Waals surface area contributed by atoms with Gasteiger partial charge >= 0.3 is 0 Å². The Labute approximate surface area is 106 Å². The van der Waals surface area contributed by atoms with Crippen LogP contribution in [0.4, 0.5) is 0 Å². The maximum atomic E-state index is 11.1. The van der Waals surface area contributed by atoms with Crippen molar-refractivity contribution in [3.63, 3.8) is 0 Å². The van der Waals surface area contributed by atoms with Crippen LogP contribution < -0.4 is 5.32 Å². The third-order valence-electron chi connectivity index (χ3n) is 3.33. The highest BCUT2D eigenvalue weighted by Crippen LogP contribution is 2.11. The van der Waals surface area contributed by atoms with Gasteiger partial charge in [0.05, 0.1) is 5.75 Å². The van der Waals surface area contributed by atoms with Crippen molar-refractivity contribution in [1.29, 1.82) is 0 Å². The van der Waals surface area contributed by atoms with Crippen LogP contribution in [0, 0.1) is 0 Å². The lowest BCUT2D eigenvalue weighted by molar-refractivity contribution is 0.169. The standard InChI is InChI=1S/C12H26N2O2S/c1-11(10-17(3,15)16)13-9-12(2)14-7-5-4-6-8-14/h11-13H,4-10H2,1-3H3. The summed E-state index contributed by atoms with van der Waals surface area (Å²) in [6, 6.07) is 0.537. The van der Waals surface area contributed by atoms with E-state index in [2.05, 4.69) is 17.1 Å². The van der Waals surface area contributed by atoms with Crippen LogP contribution in [0.15, 0.2) is 0 Å². The second kappa shape index (κ2) is 6.71. The average Bonchev–Trinajstić information content (AvgIpc) is 2.25. The number of rotatable bonds is 6. The number of sulfone groups is 1. The number of nitrogens with zero attached hydrogens (tertiary/aromatic N) is 1. The molecule has 5 heteroatoms. The van der Waals surface area contributed by atoms with Crippen LogP contribution in [0.25, 0.3) is 0 Å². The van der Waals surface area contributed by atoms with Crippen LogP contribution in [0.1, 0.15) is 33.1 Å². The summed E-state index contributed by atoms with van der Waals surface area (Å²) >= 11 is 0. The largest absolute Gasteiger partial charge is 0.312 e. The molecular formula is C12H26N2O2S. The first-order valence-corrected chi connectivity index (χ1v) is 8.59. The van der Waals surface area contributed by atoms with E-state index < -0.39 is 9.84 Å². The molecule has 2 unspecified atom stereocenters. The molecule has 0 aromatic heterocycles. The Morgan fingerprint density at radius 1 is 1.18 bits per heavy atom. The number of piperidine rings is 1. The van der Waals surface area contributed by atoms with Gasteiger partial charge in [-0.15, -0.1) is 0 Å². The zero-order chi connectivity index (χ0) is 12.9. The molecule has 1 heterocycles. The van der Waals surface area contributed by atoms with E-state index >= 15 is 0 Å². The molecule has 4 nitrogen and oxygen atoms in total. The van der Waals surface area contributed by atoms with Gasteiger partial charge in [0.25, 0.3) is 0 Å². The topological polar surface area (TPSA) is 49.4 Å². The zero-order valence-electron chi connectivity index (χ0n) is 11.3. The molecule has 0 amide bonds. The van der Waals surface area contributed by atoms with Crippen LogP contribution in [0.2, 0.25) is 0 Å². The van der Waals surface area contributed by atoms with Gasteiger partial charge in [0, 0.05) is 24.9 Å². The fraction of sp³-hybridized carbons (Fsp3) is 1.00. The van der Waals surface area contributed by atoms with Gasteiger partial charge in [0.1, 0.15) is 9.84 Å². The van der Waals surface area contributed by atoms with Crippen molar-refractivity contribution in [2.45, 2.75) is 45.2 Å². The number of hydrogen-bond acceptors (Lipinski definition) is 4. The van der Waals surface area contributed by atoms with Gasteiger partial charge in [-0.25, -0.2) is 8.42 Å². The third-order valence-corrected chi connectivity index (χ3v) is 4.43. The summed E-state index contributed by atoms with van der Waals surface area (Å²) in [5, 5.41) is 3.32. The van der Waals surface area contributed by atoms with Crippen LogP contribution in [0.3, 0.4) is 0 Å². The molecule has 1 aliphatic rings. The Balaban J connectivity index is 2.24. The summed E-state index contributed by atoms with van der Waals surface area (Å²) in [6.45, 7) is 7.39. The first-order valence-electron chi connectivity index (χ1n) is 6.53. The zero-order valence-corrected chi connectivity index (χ0v) is 12.1. The summed E-state index contributed by atoms with van der Waals surface area (Å²) < 4.78 is 22.3. The van der Waals surface area contributed by atoms with Crippen molar-refractivity contribution >= 4 is 9.84 Å². The van der Waals surface area contributed by atoms with Crippen LogP contribution in [-0.4, -0.2) is 57.0 Å². The first kappa shape index (κ1) is 14.9. The lowest BCUT2D eigenvalue weighted by Gasteiger charge is -2.33. The van der Waals surface area contributed by atoms with E-state index in [9.17, 15) is 8.42 Å². The molecule has 2 atom stereocenters. The molecule has 1 aliphatic heterocycles. The van der Waals surface area contributed by atoms with Crippen LogP contribution in [-0.2, 0) is 9.84 Å². The van der Waals surface area contributed by atoms with Crippen molar-refractivity contribution in [1.82, 2.24) is 10.2 Å². The average molecular weight is 262 g/mol. The smallest absolute Gasteiger partial charge is 0.148 e. The number of nitrogens with one attached hydrogen (secondary N) is 1. The minimum atomic E-state index is -2.87. The Morgan fingerprint density at radius 2 is 1.76 bits per heavy atom. The second-order valence-corrected chi connectivity index (χ2v) is 7.53. The minimum Gasteiger partial charge on any atom is -0.312 e. The van der Waals surface area contributed by atoms with Gasteiger partial charge in [-0.3, -0.25) is 4.90 Å². The Bertz CT molecular complexity index is 310. The molecule has 0 aliphatic carbocycles. The van der Waals surface area contributed by atoms with E-state index in [4.69, 9.17) is 0 Å². The molecule has 1 N–H and O–H groups in total. The second-order valence-electron chi connectivity index (χ2n) is 5.35. The molecule has 1 fully saturated rings. The molecule has 1 rings (SSSR count). The van der Waals surface area contributed by atoms with Crippen LogP contribution in [0.5, 0.6) is 0 Å². The van der Waals surface area contributed by atoms with Crippen molar-refractivity contribution in [2.75, 3.05) is 31.6 Å². The summed E-state index contributed by atoms with van der Waals surface area (Å²) in [5.41, 5.74) is 0. The van der Waals surface area contributed by atoms with Crippen molar-refractivity contribution in [3.8, 4) is 0 Å². The molecule has 0 radical (unpaired) electrons. The van der Waals surface area contributed by atoms with E-state index in [1.165, 1.54) is 38.6 Å². The molecular weight excluding hydrogens is 236 g/mol. The summed E-state index contributed by atoms with van der Waals surface area (Å²) in [6.07, 6.45) is 5.23. The molecule has 0 aromatic carbocycles. The van der Waals surface area contributed by atoms with E-state index in [-0.39, 0.29) is 11.8 Å². The van der Waals surface area contributed by atoms with Crippen molar-refractivity contribution in [2.24, 2.45) is 0 Å². The molecule has 17 heavy (non-hydrogen) atoms. The van der Waals surface area contributed by atoms with Gasteiger partial charge in [-0.05, 0) is 39.8 Å². The number of hydrogen-bond donors (Lipinski definition) is 1. The summed E-state index contributed by atoms with van der Waals surface area (Å²) in [5.74, 6) is 0.222. The SMILES string of the molecule is CC(CS(C)(=O)=O)NCC(C)N1CCCCC1. The predicted molar refractivity (Wildman–Crippen MR) is 72.1 cm³/mol. The molecule has 1 saturated heterocycles. The minimum absolute atomic E-state index is 0.0391. The van der Waals surface area contributed by atoms with Gasteiger partial charge in [0.2, 0.25) is 0 Å². The molecule has 0 aromatic rings. The molecule has 0 bridgehead atoms. The maximum absolute atomic E-state index is 11.1. The van der Waals surface area contributed by atoms with Gasteiger partial charge in [0.15, 0.2) is 0 Å². The van der Waals surface area contributed by atoms with E-state index in [1.807, 2.05) is 6.92 Å². The van der Waals surface area contributed by atoms with E-state index in [1.54, 1.807) is 0 Å². The van der Waals surface area contributed by atoms with Crippen molar-refractivity contribution in [3.05, 3.63) is 0 Å². The fourth-order valence-corrected chi connectivity index (χ4v) is 3.40. The van der Waals surface area contributed by atoms with Gasteiger partial charge in [-0.2, -0.15) is 0 Å². The summed E-state index contributed by atoms with van der Waals surface area (Å²) in [4.78, 5) is 2.49. The van der Waals surface area contributed by atoms with E-state index in [0.717, 1.165) is 6.54 Å². The fourth-order valence-electron chi connectivity index (χ4n) is 2.37. The Kier molecular flexibility index (Phi) is 5.89. The van der Waals surface area contributed by atoms with Crippen molar-refractivity contribution < 1.29 is 8.42 Å². The van der Waals surface area contributed by atoms with E-state index in [0.29, 0.717) is 6.04 Å². The molecule has 0 saturated carbocycles. The number of likely N-dealkylation sites (tertiary alicyclic amines) is 1. The third kappa shape index (κ3) is 6.38. The van der Waals surface area contributed by atoms with Crippen LogP contribution >= 0.6 is 0 Å². The highest BCUT2D eigenvalue weighted by molar-refractivity contribution is 7.90. The summed E-state index contributed by atoms with van der Waals surface area (Å²) in [7, 11) is -2.87. The monoisotopic (exact) mass is 262 g/mol. The quantitative estimate of drug-likeness (QED) is 0.772. The highest BCUT2D eigenvalue weighted by Gasteiger charge is 2.17. The Morgan fingerprint density at radius 3 is 2.29 bits per heavy atom. The maximum Gasteiger partial charge on any atom is 0.148 e. The van der Waals surface area contributed by atoms with Gasteiger partial charge in [-0.1, -0.05) is 6.42 Å². The molecule has 0 spiro atoms. The van der Waals surface area contributed by atoms with Gasteiger partial charge < -0.3 is 5.32 Å². The predicted octanol–water partition coefficient (Wildman–Crippen LogP) is 0.884. The Hall–Kier alpha value is -0.130. The highest BCUT2D eigenvalue weighted by atomic mass is 32.2.